The van der Waals surface area contributed by atoms with E-state index < -0.39 is 20.3 Å². The average Bonchev–Trinajstić information content (AvgIpc) is 2.57. The number of aliphatic hydroxyl groups is 1. The van der Waals surface area contributed by atoms with Gasteiger partial charge in [-0.25, -0.2) is 0 Å². The number of rotatable bonds is 10. The molecule has 0 aliphatic heterocycles. The van der Waals surface area contributed by atoms with Crippen LogP contribution in [0.25, 0.3) is 0 Å². The lowest BCUT2D eigenvalue weighted by atomic mass is 9.91. The third kappa shape index (κ3) is 5.27. The standard InChI is InChI=1S/C22H38O3Si/c1-15(2)26(16(3)4,17(5)6)25-18(7)14-21(23)19(8)22(24)20-12-10-9-11-13-20/h9-13,15-19,22,24H,14H2,1-8H3/t18-,19-,22-/m0/s1. The number of benzene rings is 1. The molecule has 1 rings (SSSR count). The van der Waals surface area contributed by atoms with E-state index in [1.54, 1.807) is 0 Å². The van der Waals surface area contributed by atoms with Crippen molar-refractivity contribution in [3.8, 4) is 0 Å². The van der Waals surface area contributed by atoms with Crippen LogP contribution in [0, 0.1) is 5.92 Å². The molecule has 148 valence electrons. The van der Waals surface area contributed by atoms with Gasteiger partial charge in [0.1, 0.15) is 5.78 Å². The van der Waals surface area contributed by atoms with E-state index in [9.17, 15) is 9.90 Å². The molecular formula is C22H38O3Si. The van der Waals surface area contributed by atoms with Crippen molar-refractivity contribution in [3.05, 3.63) is 35.9 Å². The van der Waals surface area contributed by atoms with E-state index in [0.717, 1.165) is 5.56 Å². The number of carbonyl (C=O) groups excluding carboxylic acids is 1. The van der Waals surface area contributed by atoms with Crippen molar-refractivity contribution in [2.24, 2.45) is 5.92 Å². The van der Waals surface area contributed by atoms with Gasteiger partial charge < -0.3 is 9.53 Å². The predicted octanol–water partition coefficient (Wildman–Crippen LogP) is 5.90. The molecule has 0 fully saturated rings. The van der Waals surface area contributed by atoms with Crippen LogP contribution < -0.4 is 0 Å². The Morgan fingerprint density at radius 2 is 1.38 bits per heavy atom. The lowest BCUT2D eigenvalue weighted by Gasteiger charge is -2.44. The Balaban J connectivity index is 2.82. The van der Waals surface area contributed by atoms with E-state index >= 15 is 0 Å². The monoisotopic (exact) mass is 378 g/mol. The lowest BCUT2D eigenvalue weighted by molar-refractivity contribution is -0.127. The van der Waals surface area contributed by atoms with Crippen molar-refractivity contribution < 1.29 is 14.3 Å². The van der Waals surface area contributed by atoms with Gasteiger partial charge in [0.15, 0.2) is 0 Å². The van der Waals surface area contributed by atoms with Gasteiger partial charge in [0.25, 0.3) is 0 Å². The zero-order valence-corrected chi connectivity index (χ0v) is 18.8. The molecule has 0 spiro atoms. The van der Waals surface area contributed by atoms with E-state index in [-0.39, 0.29) is 11.9 Å². The minimum atomic E-state index is -2.00. The molecule has 0 bridgehead atoms. The summed E-state index contributed by atoms with van der Waals surface area (Å²) in [4.78, 5) is 12.7. The van der Waals surface area contributed by atoms with Crippen LogP contribution in [0.4, 0.5) is 0 Å². The van der Waals surface area contributed by atoms with Crippen LogP contribution in [0.3, 0.4) is 0 Å². The van der Waals surface area contributed by atoms with Crippen molar-refractivity contribution in [3.63, 3.8) is 0 Å². The van der Waals surface area contributed by atoms with Gasteiger partial charge in [0.05, 0.1) is 6.10 Å². The highest BCUT2D eigenvalue weighted by atomic mass is 28.4. The van der Waals surface area contributed by atoms with E-state index in [2.05, 4.69) is 41.5 Å². The highest BCUT2D eigenvalue weighted by molar-refractivity contribution is 6.77. The molecule has 0 radical (unpaired) electrons. The highest BCUT2D eigenvalue weighted by Crippen LogP contribution is 2.43. The first kappa shape index (κ1) is 23.1. The predicted molar refractivity (Wildman–Crippen MR) is 112 cm³/mol. The number of hydrogen-bond donors (Lipinski definition) is 1. The summed E-state index contributed by atoms with van der Waals surface area (Å²) < 4.78 is 6.67. The smallest absolute Gasteiger partial charge is 0.200 e. The number of aliphatic hydroxyl groups excluding tert-OH is 1. The molecule has 0 saturated carbocycles. The number of Topliss-reactive ketones (excluding diaryl/α,β-unsaturated/α-hetero) is 1. The van der Waals surface area contributed by atoms with Gasteiger partial charge in [-0.2, -0.15) is 0 Å². The summed E-state index contributed by atoms with van der Waals surface area (Å²) in [7, 11) is -2.00. The zero-order chi connectivity index (χ0) is 20.1. The molecular weight excluding hydrogens is 340 g/mol. The van der Waals surface area contributed by atoms with Gasteiger partial charge in [-0.15, -0.1) is 0 Å². The SMILES string of the molecule is CC(C)[Si](O[C@@H](C)CC(=O)[C@H](C)[C@H](O)c1ccccc1)(C(C)C)C(C)C. The average molecular weight is 379 g/mol. The van der Waals surface area contributed by atoms with Gasteiger partial charge in [-0.05, 0) is 29.1 Å². The Morgan fingerprint density at radius 3 is 1.81 bits per heavy atom. The van der Waals surface area contributed by atoms with Crippen molar-refractivity contribution in [2.75, 3.05) is 0 Å². The fourth-order valence-corrected chi connectivity index (χ4v) is 9.98. The molecule has 3 nitrogen and oxygen atoms in total. The van der Waals surface area contributed by atoms with E-state index in [0.29, 0.717) is 23.0 Å². The lowest BCUT2D eigenvalue weighted by Crippen LogP contribution is -2.50. The zero-order valence-electron chi connectivity index (χ0n) is 17.8. The van der Waals surface area contributed by atoms with E-state index in [4.69, 9.17) is 4.43 Å². The fraction of sp³-hybridized carbons (Fsp3) is 0.682. The first-order valence-corrected chi connectivity index (χ1v) is 12.1. The van der Waals surface area contributed by atoms with Gasteiger partial charge in [-0.3, -0.25) is 4.79 Å². The van der Waals surface area contributed by atoms with Crippen molar-refractivity contribution >= 4 is 14.1 Å². The van der Waals surface area contributed by atoms with E-state index in [1.165, 1.54) is 0 Å². The molecule has 0 saturated heterocycles. The fourth-order valence-electron chi connectivity index (χ4n) is 4.38. The summed E-state index contributed by atoms with van der Waals surface area (Å²) >= 11 is 0. The molecule has 1 aromatic rings. The summed E-state index contributed by atoms with van der Waals surface area (Å²) in [5.74, 6) is -0.371. The Morgan fingerprint density at radius 1 is 0.923 bits per heavy atom. The van der Waals surface area contributed by atoms with Crippen LogP contribution in [-0.2, 0) is 9.22 Å². The summed E-state index contributed by atoms with van der Waals surface area (Å²) in [6.07, 6.45) is -0.531. The maximum Gasteiger partial charge on any atom is 0.200 e. The first-order chi connectivity index (χ1) is 12.0. The molecule has 4 heteroatoms. The molecule has 3 atom stereocenters. The third-order valence-electron chi connectivity index (χ3n) is 5.72. The quantitative estimate of drug-likeness (QED) is 0.516. The minimum Gasteiger partial charge on any atom is -0.413 e. The van der Waals surface area contributed by atoms with Crippen molar-refractivity contribution in [1.82, 2.24) is 0 Å². The number of ketones is 1. The second-order valence-electron chi connectivity index (χ2n) is 8.56. The van der Waals surface area contributed by atoms with Crippen LogP contribution in [-0.4, -0.2) is 25.3 Å². The van der Waals surface area contributed by atoms with Crippen LogP contribution in [0.5, 0.6) is 0 Å². The second-order valence-corrected chi connectivity index (χ2v) is 14.0. The molecule has 0 aliphatic carbocycles. The molecule has 0 aromatic heterocycles. The number of hydrogen-bond acceptors (Lipinski definition) is 3. The van der Waals surface area contributed by atoms with Crippen LogP contribution in [0.1, 0.15) is 73.5 Å². The van der Waals surface area contributed by atoms with Gasteiger partial charge >= 0.3 is 0 Å². The molecule has 1 aromatic carbocycles. The van der Waals surface area contributed by atoms with Crippen LogP contribution >= 0.6 is 0 Å². The molecule has 0 aliphatic rings. The summed E-state index contributed by atoms with van der Waals surface area (Å²) in [6, 6.07) is 9.41. The van der Waals surface area contributed by atoms with Crippen LogP contribution in [0.15, 0.2) is 30.3 Å². The topological polar surface area (TPSA) is 46.5 Å². The Bertz CT molecular complexity index is 532. The van der Waals surface area contributed by atoms with E-state index in [1.807, 2.05) is 44.2 Å². The summed E-state index contributed by atoms with van der Waals surface area (Å²) in [5.41, 5.74) is 2.27. The summed E-state index contributed by atoms with van der Waals surface area (Å²) in [6.45, 7) is 17.3. The third-order valence-corrected chi connectivity index (χ3v) is 11.9. The van der Waals surface area contributed by atoms with Gasteiger partial charge in [-0.1, -0.05) is 78.8 Å². The van der Waals surface area contributed by atoms with Gasteiger partial charge in [0, 0.05) is 18.4 Å². The molecule has 26 heavy (non-hydrogen) atoms. The number of carbonyl (C=O) groups is 1. The largest absolute Gasteiger partial charge is 0.413 e. The van der Waals surface area contributed by atoms with Gasteiger partial charge in [0.2, 0.25) is 8.32 Å². The Labute approximate surface area is 161 Å². The Hall–Kier alpha value is -0.973. The van der Waals surface area contributed by atoms with Crippen molar-refractivity contribution in [1.29, 1.82) is 0 Å². The van der Waals surface area contributed by atoms with Crippen molar-refractivity contribution in [2.45, 2.75) is 90.6 Å². The maximum atomic E-state index is 12.7. The second kappa shape index (κ2) is 9.82. The molecule has 0 amide bonds. The minimum absolute atomic E-state index is 0.0630. The van der Waals surface area contributed by atoms with Crippen LogP contribution in [0.2, 0.25) is 16.6 Å². The molecule has 0 heterocycles. The first-order valence-electron chi connectivity index (χ1n) is 9.97. The highest BCUT2D eigenvalue weighted by Gasteiger charge is 2.46. The Kier molecular flexibility index (Phi) is 8.71. The maximum absolute atomic E-state index is 12.7. The molecule has 1 N–H and O–H groups in total. The molecule has 0 unspecified atom stereocenters. The normalized spacial score (nSPS) is 16.2. The summed E-state index contributed by atoms with van der Waals surface area (Å²) in [5, 5.41) is 10.5.